The van der Waals surface area contributed by atoms with E-state index in [0.29, 0.717) is 28.4 Å². The first-order chi connectivity index (χ1) is 12.0. The zero-order valence-corrected chi connectivity index (χ0v) is 15.2. The SMILES string of the molecule is COc1cc(OC)nc(Sc2cccc(Cl)c2C(=O)O)n1.NCCO. The fraction of sp³-hybridized carbons (Fsp3) is 0.267. The fourth-order valence-corrected chi connectivity index (χ4v) is 2.76. The molecule has 10 heteroatoms. The van der Waals surface area contributed by atoms with E-state index in [2.05, 4.69) is 9.97 Å². The smallest absolute Gasteiger partial charge is 0.338 e. The van der Waals surface area contributed by atoms with Gasteiger partial charge < -0.3 is 25.4 Å². The minimum absolute atomic E-state index is 0.00885. The van der Waals surface area contributed by atoms with Gasteiger partial charge in [0, 0.05) is 11.4 Å². The highest BCUT2D eigenvalue weighted by molar-refractivity contribution is 7.99. The van der Waals surface area contributed by atoms with E-state index < -0.39 is 5.97 Å². The zero-order valence-electron chi connectivity index (χ0n) is 13.6. The number of nitrogens with zero attached hydrogens (tertiary/aromatic N) is 2. The molecule has 0 radical (unpaired) electrons. The Kier molecular flexibility index (Phi) is 9.00. The van der Waals surface area contributed by atoms with E-state index >= 15 is 0 Å². The molecule has 0 saturated heterocycles. The molecule has 1 aromatic carbocycles. The molecule has 0 aliphatic heterocycles. The molecule has 4 N–H and O–H groups in total. The number of aromatic carboxylic acids is 1. The van der Waals surface area contributed by atoms with Crippen LogP contribution >= 0.6 is 23.4 Å². The summed E-state index contributed by atoms with van der Waals surface area (Å²) >= 11 is 6.99. The van der Waals surface area contributed by atoms with Gasteiger partial charge in [-0.25, -0.2) is 4.79 Å². The molecule has 0 bridgehead atoms. The third-order valence-electron chi connectivity index (χ3n) is 2.60. The molecule has 25 heavy (non-hydrogen) atoms. The number of hydrogen-bond donors (Lipinski definition) is 3. The molecular weight excluding hydrogens is 370 g/mol. The van der Waals surface area contributed by atoms with Crippen molar-refractivity contribution >= 4 is 29.3 Å². The number of methoxy groups -OCH3 is 2. The maximum absolute atomic E-state index is 11.3. The Hall–Kier alpha value is -2.07. The van der Waals surface area contributed by atoms with Crippen molar-refractivity contribution in [3.63, 3.8) is 0 Å². The third kappa shape index (κ3) is 6.39. The number of nitrogens with two attached hydrogens (primary N) is 1. The van der Waals surface area contributed by atoms with Crippen LogP contribution in [0.4, 0.5) is 0 Å². The summed E-state index contributed by atoms with van der Waals surface area (Å²) in [5, 5.41) is 17.4. The van der Waals surface area contributed by atoms with Gasteiger partial charge in [-0.1, -0.05) is 17.7 Å². The molecule has 0 fully saturated rings. The van der Waals surface area contributed by atoms with Crippen LogP contribution in [-0.2, 0) is 0 Å². The second-order valence-electron chi connectivity index (χ2n) is 4.27. The normalized spacial score (nSPS) is 9.80. The summed E-state index contributed by atoms with van der Waals surface area (Å²) in [7, 11) is 2.94. The number of aliphatic hydroxyl groups excluding tert-OH is 1. The molecule has 1 heterocycles. The number of carboxylic acid groups (broad SMARTS) is 1. The van der Waals surface area contributed by atoms with Crippen molar-refractivity contribution in [3.8, 4) is 11.8 Å². The number of halogens is 1. The molecular formula is C15H18ClN3O5S. The zero-order chi connectivity index (χ0) is 18.8. The minimum atomic E-state index is -1.11. The van der Waals surface area contributed by atoms with E-state index in [1.807, 2.05) is 0 Å². The van der Waals surface area contributed by atoms with Gasteiger partial charge in [0.1, 0.15) is 0 Å². The average molecular weight is 388 g/mol. The summed E-state index contributed by atoms with van der Waals surface area (Å²) in [6.45, 7) is 0.472. The highest BCUT2D eigenvalue weighted by Crippen LogP contribution is 2.33. The van der Waals surface area contributed by atoms with Gasteiger partial charge >= 0.3 is 5.97 Å². The first-order valence-electron chi connectivity index (χ1n) is 6.94. The van der Waals surface area contributed by atoms with E-state index in [1.165, 1.54) is 26.4 Å². The summed E-state index contributed by atoms with van der Waals surface area (Å²) in [6, 6.07) is 6.34. The van der Waals surface area contributed by atoms with Gasteiger partial charge in [-0.2, -0.15) is 9.97 Å². The minimum Gasteiger partial charge on any atom is -0.481 e. The second-order valence-corrected chi connectivity index (χ2v) is 5.68. The number of benzene rings is 1. The van der Waals surface area contributed by atoms with E-state index in [0.717, 1.165) is 11.8 Å². The molecule has 1 aromatic heterocycles. The molecule has 0 spiro atoms. The van der Waals surface area contributed by atoms with Gasteiger partial charge in [0.2, 0.25) is 11.8 Å². The summed E-state index contributed by atoms with van der Waals surface area (Å²) in [4.78, 5) is 20.0. The van der Waals surface area contributed by atoms with Crippen molar-refractivity contribution in [2.75, 3.05) is 27.4 Å². The Morgan fingerprint density at radius 2 is 1.84 bits per heavy atom. The molecule has 2 rings (SSSR count). The molecule has 2 aromatic rings. The quantitative estimate of drug-likeness (QED) is 0.636. The van der Waals surface area contributed by atoms with Crippen LogP contribution in [-0.4, -0.2) is 53.5 Å². The topological polar surface area (TPSA) is 128 Å². The lowest BCUT2D eigenvalue weighted by Gasteiger charge is -2.08. The van der Waals surface area contributed by atoms with E-state index in [-0.39, 0.29) is 17.2 Å². The number of rotatable bonds is 6. The van der Waals surface area contributed by atoms with Crippen LogP contribution in [0, 0.1) is 0 Å². The number of carbonyl (C=O) groups is 1. The Labute approximate surface area is 154 Å². The molecule has 0 unspecified atom stereocenters. The first-order valence-corrected chi connectivity index (χ1v) is 8.13. The Morgan fingerprint density at radius 3 is 2.28 bits per heavy atom. The molecule has 0 aliphatic rings. The molecule has 0 atom stereocenters. The van der Waals surface area contributed by atoms with Crippen LogP contribution in [0.1, 0.15) is 10.4 Å². The van der Waals surface area contributed by atoms with Crippen LogP contribution in [0.25, 0.3) is 0 Å². The van der Waals surface area contributed by atoms with Crippen molar-refractivity contribution < 1.29 is 24.5 Å². The van der Waals surface area contributed by atoms with Crippen LogP contribution in [0.5, 0.6) is 11.8 Å². The van der Waals surface area contributed by atoms with E-state index in [9.17, 15) is 9.90 Å². The lowest BCUT2D eigenvalue weighted by atomic mass is 10.2. The Bertz CT molecular complexity index is 693. The summed E-state index contributed by atoms with van der Waals surface area (Å²) in [6.07, 6.45) is 0. The predicted octanol–water partition coefficient (Wildman–Crippen LogP) is 1.93. The maximum atomic E-state index is 11.3. The van der Waals surface area contributed by atoms with E-state index in [1.54, 1.807) is 12.1 Å². The fourth-order valence-electron chi connectivity index (χ4n) is 1.53. The maximum Gasteiger partial charge on any atom is 0.338 e. The molecule has 0 aliphatic carbocycles. The largest absolute Gasteiger partial charge is 0.481 e. The number of aromatic nitrogens is 2. The van der Waals surface area contributed by atoms with Crippen molar-refractivity contribution in [1.82, 2.24) is 9.97 Å². The van der Waals surface area contributed by atoms with Crippen molar-refractivity contribution in [1.29, 1.82) is 0 Å². The molecule has 0 amide bonds. The number of hydrogen-bond acceptors (Lipinski definition) is 8. The third-order valence-corrected chi connectivity index (χ3v) is 3.84. The van der Waals surface area contributed by atoms with Crippen molar-refractivity contribution in [2.24, 2.45) is 5.73 Å². The van der Waals surface area contributed by atoms with Gasteiger partial charge in [-0.3, -0.25) is 0 Å². The summed E-state index contributed by atoms with van der Waals surface area (Å²) in [5.41, 5.74) is 4.79. The highest BCUT2D eigenvalue weighted by Gasteiger charge is 2.17. The van der Waals surface area contributed by atoms with Crippen LogP contribution in [0.15, 0.2) is 34.3 Å². The van der Waals surface area contributed by atoms with Gasteiger partial charge in [0.15, 0.2) is 5.16 Å². The van der Waals surface area contributed by atoms with Gasteiger partial charge in [-0.15, -0.1) is 0 Å². The number of carboxylic acids is 1. The standard InChI is InChI=1S/C13H11ClN2O4S.C2H7NO/c1-19-9-6-10(20-2)16-13(15-9)21-8-5-3-4-7(14)11(8)12(17)18;3-1-2-4/h3-6H,1-2H3,(H,17,18);4H,1-3H2. The lowest BCUT2D eigenvalue weighted by Crippen LogP contribution is -2.02. The van der Waals surface area contributed by atoms with Crippen LogP contribution in [0.3, 0.4) is 0 Å². The second kappa shape index (κ2) is 10.7. The highest BCUT2D eigenvalue weighted by atomic mass is 35.5. The van der Waals surface area contributed by atoms with Gasteiger partial charge in [-0.05, 0) is 23.9 Å². The number of ether oxygens (including phenoxy) is 2. The van der Waals surface area contributed by atoms with E-state index in [4.69, 9.17) is 31.9 Å². The monoisotopic (exact) mass is 387 g/mol. The van der Waals surface area contributed by atoms with Gasteiger partial charge in [0.25, 0.3) is 0 Å². The van der Waals surface area contributed by atoms with Crippen molar-refractivity contribution in [3.05, 3.63) is 34.9 Å². The van der Waals surface area contributed by atoms with Crippen molar-refractivity contribution in [2.45, 2.75) is 10.1 Å². The molecule has 0 saturated carbocycles. The molecule has 8 nitrogen and oxygen atoms in total. The summed E-state index contributed by atoms with van der Waals surface area (Å²) < 4.78 is 10.1. The predicted molar refractivity (Wildman–Crippen MR) is 93.8 cm³/mol. The first kappa shape index (κ1) is 21.0. The Morgan fingerprint density at radius 1 is 1.28 bits per heavy atom. The van der Waals surface area contributed by atoms with Gasteiger partial charge in [0.05, 0.1) is 37.5 Å². The molecule has 136 valence electrons. The van der Waals surface area contributed by atoms with Crippen LogP contribution < -0.4 is 15.2 Å². The Balaban J connectivity index is 0.000000705. The average Bonchev–Trinajstić information content (AvgIpc) is 2.61. The summed E-state index contributed by atoms with van der Waals surface area (Å²) in [5.74, 6) is -0.468. The number of aliphatic hydroxyl groups is 1. The lowest BCUT2D eigenvalue weighted by molar-refractivity contribution is 0.0693. The van der Waals surface area contributed by atoms with Crippen LogP contribution in [0.2, 0.25) is 5.02 Å².